The van der Waals surface area contributed by atoms with Crippen LogP contribution in [-0.2, 0) is 6.61 Å². The van der Waals surface area contributed by atoms with Crippen LogP contribution in [0.25, 0.3) is 11.3 Å². The molecule has 0 unspecified atom stereocenters. The number of hydrogen-bond acceptors (Lipinski definition) is 5. The van der Waals surface area contributed by atoms with Crippen molar-refractivity contribution in [3.63, 3.8) is 0 Å². The molecule has 0 amide bonds. The molecule has 0 aliphatic heterocycles. The highest BCUT2D eigenvalue weighted by Crippen LogP contribution is 2.33. The van der Waals surface area contributed by atoms with Crippen LogP contribution < -0.4 is 10.5 Å². The van der Waals surface area contributed by atoms with Crippen molar-refractivity contribution >= 4 is 5.88 Å². The summed E-state index contributed by atoms with van der Waals surface area (Å²) in [6, 6.07) is 7.04. The molecule has 0 bridgehead atoms. The second kappa shape index (κ2) is 4.24. The van der Waals surface area contributed by atoms with Gasteiger partial charge in [-0.2, -0.15) is 0 Å². The maximum absolute atomic E-state index is 9.18. The fourth-order valence-electron chi connectivity index (χ4n) is 1.57. The molecular weight excluding hydrogens is 208 g/mol. The molecule has 2 aromatic rings. The quantitative estimate of drug-likeness (QED) is 0.817. The predicted octanol–water partition coefficient (Wildman–Crippen LogP) is 1.42. The fourth-order valence-corrected chi connectivity index (χ4v) is 1.57. The zero-order valence-corrected chi connectivity index (χ0v) is 8.80. The first-order chi connectivity index (χ1) is 7.76. The van der Waals surface area contributed by atoms with Gasteiger partial charge in [0.25, 0.3) is 0 Å². The van der Waals surface area contributed by atoms with E-state index in [0.717, 1.165) is 5.56 Å². The van der Waals surface area contributed by atoms with Crippen molar-refractivity contribution in [2.75, 3.05) is 12.8 Å². The number of aromatic nitrogens is 1. The van der Waals surface area contributed by atoms with E-state index >= 15 is 0 Å². The number of nitrogens with zero attached hydrogens (tertiary/aromatic N) is 1. The first-order valence-electron chi connectivity index (χ1n) is 4.75. The Labute approximate surface area is 92.4 Å². The third-order valence-electron chi connectivity index (χ3n) is 2.28. The number of methoxy groups -OCH3 is 1. The molecule has 5 nitrogen and oxygen atoms in total. The van der Waals surface area contributed by atoms with Gasteiger partial charge in [-0.05, 0) is 6.07 Å². The Balaban J connectivity index is 2.56. The number of nitrogen functional groups attached to an aromatic ring is 1. The van der Waals surface area contributed by atoms with Crippen molar-refractivity contribution in [3.05, 3.63) is 29.8 Å². The number of aliphatic hydroxyl groups excluding tert-OH is 1. The molecule has 1 aromatic heterocycles. The molecule has 0 fully saturated rings. The molecule has 2 rings (SSSR count). The van der Waals surface area contributed by atoms with Gasteiger partial charge in [0.15, 0.2) is 0 Å². The van der Waals surface area contributed by atoms with E-state index in [4.69, 9.17) is 15.0 Å². The summed E-state index contributed by atoms with van der Waals surface area (Å²) in [5, 5.41) is 13.0. The molecule has 0 spiro atoms. The number of rotatable bonds is 3. The minimum atomic E-state index is -0.0929. The minimum Gasteiger partial charge on any atom is -0.496 e. The largest absolute Gasteiger partial charge is 0.496 e. The highest BCUT2D eigenvalue weighted by molar-refractivity contribution is 5.70. The van der Waals surface area contributed by atoms with Gasteiger partial charge in [0.05, 0.1) is 13.7 Å². The van der Waals surface area contributed by atoms with E-state index in [-0.39, 0.29) is 12.5 Å². The van der Waals surface area contributed by atoms with Gasteiger partial charge in [0.1, 0.15) is 11.4 Å². The molecule has 1 aromatic carbocycles. The smallest absolute Gasteiger partial charge is 0.222 e. The van der Waals surface area contributed by atoms with E-state index in [0.29, 0.717) is 17.0 Å². The molecular formula is C11H12N2O3. The van der Waals surface area contributed by atoms with Gasteiger partial charge in [-0.3, -0.25) is 0 Å². The lowest BCUT2D eigenvalue weighted by Gasteiger charge is -2.09. The summed E-state index contributed by atoms with van der Waals surface area (Å²) >= 11 is 0. The van der Waals surface area contributed by atoms with E-state index < -0.39 is 0 Å². The number of nitrogens with two attached hydrogens (primary N) is 1. The van der Waals surface area contributed by atoms with E-state index in [1.807, 2.05) is 12.1 Å². The van der Waals surface area contributed by atoms with Crippen LogP contribution in [0.4, 0.5) is 5.88 Å². The van der Waals surface area contributed by atoms with Gasteiger partial charge in [-0.15, -0.1) is 0 Å². The molecule has 1 heterocycles. The van der Waals surface area contributed by atoms with Crippen molar-refractivity contribution in [1.82, 2.24) is 5.16 Å². The van der Waals surface area contributed by atoms with E-state index in [1.165, 1.54) is 0 Å². The van der Waals surface area contributed by atoms with Crippen molar-refractivity contribution in [2.45, 2.75) is 6.61 Å². The first kappa shape index (κ1) is 10.5. The minimum absolute atomic E-state index is 0.0929. The molecule has 84 valence electrons. The highest BCUT2D eigenvalue weighted by Gasteiger charge is 2.13. The summed E-state index contributed by atoms with van der Waals surface area (Å²) in [6.07, 6.45) is 0. The fraction of sp³-hybridized carbons (Fsp3) is 0.182. The van der Waals surface area contributed by atoms with Crippen molar-refractivity contribution < 1.29 is 14.4 Å². The Morgan fingerprint density at radius 1 is 1.50 bits per heavy atom. The Bertz CT molecular complexity index is 494. The molecule has 0 atom stereocenters. The summed E-state index contributed by atoms with van der Waals surface area (Å²) in [5.41, 5.74) is 7.49. The summed E-state index contributed by atoms with van der Waals surface area (Å²) in [5.74, 6) is 0.824. The maximum Gasteiger partial charge on any atom is 0.222 e. The Morgan fingerprint density at radius 2 is 2.31 bits per heavy atom. The lowest BCUT2D eigenvalue weighted by atomic mass is 10.1. The summed E-state index contributed by atoms with van der Waals surface area (Å²) < 4.78 is 10.1. The van der Waals surface area contributed by atoms with Crippen LogP contribution in [0.5, 0.6) is 5.75 Å². The molecule has 0 aliphatic rings. The normalized spacial score (nSPS) is 10.4. The van der Waals surface area contributed by atoms with Crippen LogP contribution in [0.15, 0.2) is 28.8 Å². The van der Waals surface area contributed by atoms with E-state index in [9.17, 15) is 5.11 Å². The molecule has 16 heavy (non-hydrogen) atoms. The zero-order chi connectivity index (χ0) is 11.5. The number of aliphatic hydroxyl groups is 1. The number of anilines is 1. The van der Waals surface area contributed by atoms with Gasteiger partial charge >= 0.3 is 0 Å². The van der Waals surface area contributed by atoms with E-state index in [2.05, 4.69) is 5.16 Å². The molecule has 3 N–H and O–H groups in total. The topological polar surface area (TPSA) is 81.5 Å². The van der Waals surface area contributed by atoms with Crippen LogP contribution in [0, 0.1) is 0 Å². The Morgan fingerprint density at radius 3 is 2.88 bits per heavy atom. The number of benzene rings is 1. The van der Waals surface area contributed by atoms with Crippen molar-refractivity contribution in [1.29, 1.82) is 0 Å². The molecule has 0 saturated carbocycles. The van der Waals surface area contributed by atoms with Crippen LogP contribution in [0.2, 0.25) is 0 Å². The van der Waals surface area contributed by atoms with Gasteiger partial charge in [-0.25, -0.2) is 0 Å². The number of hydrogen-bond donors (Lipinski definition) is 2. The average Bonchev–Trinajstić information content (AvgIpc) is 2.74. The summed E-state index contributed by atoms with van der Waals surface area (Å²) in [4.78, 5) is 0. The standard InChI is InChI=1S/C11H12N2O3/c1-15-11-7(6-14)3-2-4-8(11)9-5-10(12)16-13-9/h2-5,14H,6,12H2,1H3. The zero-order valence-electron chi connectivity index (χ0n) is 8.80. The average molecular weight is 220 g/mol. The van der Waals surface area contributed by atoms with Gasteiger partial charge < -0.3 is 20.1 Å². The monoisotopic (exact) mass is 220 g/mol. The van der Waals surface area contributed by atoms with Crippen LogP contribution in [0.1, 0.15) is 5.56 Å². The first-order valence-corrected chi connectivity index (χ1v) is 4.75. The lowest BCUT2D eigenvalue weighted by Crippen LogP contribution is -1.94. The number of para-hydroxylation sites is 1. The summed E-state index contributed by atoms with van der Waals surface area (Å²) in [7, 11) is 1.54. The van der Waals surface area contributed by atoms with E-state index in [1.54, 1.807) is 19.2 Å². The third kappa shape index (κ3) is 1.72. The van der Waals surface area contributed by atoms with Crippen LogP contribution in [-0.4, -0.2) is 17.4 Å². The predicted molar refractivity (Wildman–Crippen MR) is 58.8 cm³/mol. The van der Waals surface area contributed by atoms with Gasteiger partial charge in [0.2, 0.25) is 5.88 Å². The van der Waals surface area contributed by atoms with Crippen molar-refractivity contribution in [3.8, 4) is 17.0 Å². The maximum atomic E-state index is 9.18. The van der Waals surface area contributed by atoms with Crippen molar-refractivity contribution in [2.24, 2.45) is 0 Å². The lowest BCUT2D eigenvalue weighted by molar-refractivity contribution is 0.274. The second-order valence-electron chi connectivity index (χ2n) is 3.27. The SMILES string of the molecule is COc1c(CO)cccc1-c1cc(N)on1. The molecule has 0 aliphatic carbocycles. The summed E-state index contributed by atoms with van der Waals surface area (Å²) in [6.45, 7) is -0.0929. The molecule has 0 radical (unpaired) electrons. The highest BCUT2D eigenvalue weighted by atomic mass is 16.5. The van der Waals surface area contributed by atoms with Crippen LogP contribution >= 0.6 is 0 Å². The Hall–Kier alpha value is -2.01. The van der Waals surface area contributed by atoms with Crippen LogP contribution in [0.3, 0.4) is 0 Å². The molecule has 0 saturated heterocycles. The van der Waals surface area contributed by atoms with Gasteiger partial charge in [-0.1, -0.05) is 17.3 Å². The van der Waals surface area contributed by atoms with Gasteiger partial charge in [0, 0.05) is 17.2 Å². The number of ether oxygens (including phenoxy) is 1. The third-order valence-corrected chi connectivity index (χ3v) is 2.28. The second-order valence-corrected chi connectivity index (χ2v) is 3.27. The molecule has 5 heteroatoms. The Kier molecular flexibility index (Phi) is 2.78.